The maximum absolute atomic E-state index is 13.2. The molecule has 0 unspecified atom stereocenters. The second-order valence-electron chi connectivity index (χ2n) is 4.96. The number of pyridine rings is 1. The highest BCUT2D eigenvalue weighted by atomic mass is 19.1. The zero-order valence-corrected chi connectivity index (χ0v) is 11.6. The van der Waals surface area contributed by atoms with Crippen LogP contribution in [0.1, 0.15) is 30.9 Å². The molecule has 100 valence electrons. The summed E-state index contributed by atoms with van der Waals surface area (Å²) < 4.78 is 13.2. The molecule has 2 heteroatoms. The lowest BCUT2D eigenvalue weighted by Crippen LogP contribution is -1.99. The summed E-state index contributed by atoms with van der Waals surface area (Å²) >= 11 is 0. The summed E-state index contributed by atoms with van der Waals surface area (Å²) in [6.45, 7) is 3.91. The van der Waals surface area contributed by atoms with Gasteiger partial charge < -0.3 is 0 Å². The van der Waals surface area contributed by atoms with Gasteiger partial charge in [-0.3, -0.25) is 4.98 Å². The highest BCUT2D eigenvalue weighted by Gasteiger charge is 2.04. The van der Waals surface area contributed by atoms with Crippen LogP contribution in [0.3, 0.4) is 0 Å². The summed E-state index contributed by atoms with van der Waals surface area (Å²) in [6, 6.07) is 12.3. The summed E-state index contributed by atoms with van der Waals surface area (Å²) in [6.07, 6.45) is 3.21. The SMILES string of the molecule is CC[C@@H](F)CCc1ccc(-c2ccc(C)cn2)cc1. The van der Waals surface area contributed by atoms with Crippen molar-refractivity contribution in [1.82, 2.24) is 4.98 Å². The quantitative estimate of drug-likeness (QED) is 0.754. The second kappa shape index (κ2) is 6.46. The van der Waals surface area contributed by atoms with Crippen LogP contribution in [0.4, 0.5) is 4.39 Å². The lowest BCUT2D eigenvalue weighted by atomic mass is 10.0. The Labute approximate surface area is 114 Å². The normalized spacial score (nSPS) is 12.4. The molecule has 0 N–H and O–H groups in total. The van der Waals surface area contributed by atoms with Gasteiger partial charge in [-0.2, -0.15) is 0 Å². The summed E-state index contributed by atoms with van der Waals surface area (Å²) in [4.78, 5) is 4.41. The Kier molecular flexibility index (Phi) is 4.67. The Morgan fingerprint density at radius 1 is 1.11 bits per heavy atom. The number of rotatable bonds is 5. The van der Waals surface area contributed by atoms with Crippen molar-refractivity contribution in [1.29, 1.82) is 0 Å². The van der Waals surface area contributed by atoms with Gasteiger partial charge in [0.2, 0.25) is 0 Å². The average Bonchev–Trinajstić information content (AvgIpc) is 2.46. The lowest BCUT2D eigenvalue weighted by Gasteiger charge is -2.06. The summed E-state index contributed by atoms with van der Waals surface area (Å²) in [5.41, 5.74) is 4.44. The number of hydrogen-bond donors (Lipinski definition) is 0. The van der Waals surface area contributed by atoms with E-state index in [0.717, 1.165) is 23.2 Å². The fourth-order valence-electron chi connectivity index (χ4n) is 2.01. The molecule has 0 aliphatic heterocycles. The molecule has 2 rings (SSSR count). The zero-order chi connectivity index (χ0) is 13.7. The van der Waals surface area contributed by atoms with Gasteiger partial charge in [-0.1, -0.05) is 37.3 Å². The smallest absolute Gasteiger partial charge is 0.100 e. The molecular formula is C17H20FN. The molecule has 0 amide bonds. The maximum Gasteiger partial charge on any atom is 0.100 e. The van der Waals surface area contributed by atoms with Gasteiger partial charge in [-0.15, -0.1) is 0 Å². The van der Waals surface area contributed by atoms with Crippen molar-refractivity contribution in [3.63, 3.8) is 0 Å². The van der Waals surface area contributed by atoms with Crippen LogP contribution in [0, 0.1) is 6.92 Å². The van der Waals surface area contributed by atoms with Crippen LogP contribution in [0.15, 0.2) is 42.6 Å². The number of aromatic nitrogens is 1. The molecule has 19 heavy (non-hydrogen) atoms. The molecule has 0 aliphatic rings. The van der Waals surface area contributed by atoms with Gasteiger partial charge in [-0.25, -0.2) is 4.39 Å². The number of halogens is 1. The highest BCUT2D eigenvalue weighted by Crippen LogP contribution is 2.19. The van der Waals surface area contributed by atoms with Crippen molar-refractivity contribution in [3.05, 3.63) is 53.7 Å². The predicted molar refractivity (Wildman–Crippen MR) is 77.9 cm³/mol. The third-order valence-electron chi connectivity index (χ3n) is 3.35. The molecule has 0 fully saturated rings. The van der Waals surface area contributed by atoms with Crippen molar-refractivity contribution < 1.29 is 4.39 Å². The highest BCUT2D eigenvalue weighted by molar-refractivity contribution is 5.59. The minimum absolute atomic E-state index is 0.603. The van der Waals surface area contributed by atoms with E-state index in [1.807, 2.05) is 26.1 Å². The summed E-state index contributed by atoms with van der Waals surface area (Å²) in [5.74, 6) is 0. The first-order chi connectivity index (χ1) is 9.19. The standard InChI is InChI=1S/C17H20FN/c1-3-16(18)10-7-14-5-8-15(9-6-14)17-11-4-13(2)12-19-17/h4-6,8-9,11-12,16H,3,7,10H2,1-2H3/t16-/m1/s1. The van der Waals surface area contributed by atoms with E-state index >= 15 is 0 Å². The van der Waals surface area contributed by atoms with Gasteiger partial charge in [0.05, 0.1) is 5.69 Å². The maximum atomic E-state index is 13.2. The molecule has 1 atom stereocenters. The molecule has 0 bridgehead atoms. The van der Waals surface area contributed by atoms with E-state index in [9.17, 15) is 4.39 Å². The van der Waals surface area contributed by atoms with Crippen LogP contribution in [0.5, 0.6) is 0 Å². The largest absolute Gasteiger partial charge is 0.256 e. The van der Waals surface area contributed by atoms with Crippen LogP contribution >= 0.6 is 0 Å². The van der Waals surface area contributed by atoms with Crippen molar-refractivity contribution >= 4 is 0 Å². The molecule has 0 radical (unpaired) electrons. The van der Waals surface area contributed by atoms with Gasteiger partial charge in [-0.05, 0) is 43.4 Å². The Balaban J connectivity index is 2.04. The van der Waals surface area contributed by atoms with Crippen molar-refractivity contribution in [2.24, 2.45) is 0 Å². The molecule has 0 saturated carbocycles. The molecule has 1 aromatic carbocycles. The minimum Gasteiger partial charge on any atom is -0.256 e. The Morgan fingerprint density at radius 3 is 2.42 bits per heavy atom. The molecule has 1 aromatic heterocycles. The Bertz CT molecular complexity index is 502. The lowest BCUT2D eigenvalue weighted by molar-refractivity contribution is 0.306. The molecule has 2 aromatic rings. The molecule has 0 saturated heterocycles. The molecular weight excluding hydrogens is 237 g/mol. The van der Waals surface area contributed by atoms with E-state index in [1.165, 1.54) is 5.56 Å². The van der Waals surface area contributed by atoms with E-state index in [-0.39, 0.29) is 0 Å². The Hall–Kier alpha value is -1.70. The fraction of sp³-hybridized carbons (Fsp3) is 0.353. The van der Waals surface area contributed by atoms with Gasteiger partial charge in [0.25, 0.3) is 0 Å². The zero-order valence-electron chi connectivity index (χ0n) is 11.6. The fourth-order valence-corrected chi connectivity index (χ4v) is 2.01. The first-order valence-corrected chi connectivity index (χ1v) is 6.85. The van der Waals surface area contributed by atoms with Crippen LogP contribution in [-0.4, -0.2) is 11.2 Å². The van der Waals surface area contributed by atoms with E-state index in [4.69, 9.17) is 0 Å². The topological polar surface area (TPSA) is 12.9 Å². The Morgan fingerprint density at radius 2 is 1.84 bits per heavy atom. The third kappa shape index (κ3) is 3.88. The summed E-state index contributed by atoms with van der Waals surface area (Å²) in [5, 5.41) is 0. The van der Waals surface area contributed by atoms with Gasteiger partial charge in [0.1, 0.15) is 6.17 Å². The van der Waals surface area contributed by atoms with E-state index in [0.29, 0.717) is 12.8 Å². The van der Waals surface area contributed by atoms with Crippen LogP contribution in [0.2, 0.25) is 0 Å². The van der Waals surface area contributed by atoms with E-state index in [1.54, 1.807) is 0 Å². The van der Waals surface area contributed by atoms with Gasteiger partial charge in [0, 0.05) is 11.8 Å². The number of benzene rings is 1. The second-order valence-corrected chi connectivity index (χ2v) is 4.96. The van der Waals surface area contributed by atoms with E-state index in [2.05, 4.69) is 35.3 Å². The summed E-state index contributed by atoms with van der Waals surface area (Å²) in [7, 11) is 0. The number of hydrogen-bond acceptors (Lipinski definition) is 1. The number of alkyl halides is 1. The van der Waals surface area contributed by atoms with Crippen LogP contribution < -0.4 is 0 Å². The van der Waals surface area contributed by atoms with Gasteiger partial charge >= 0.3 is 0 Å². The third-order valence-corrected chi connectivity index (χ3v) is 3.35. The van der Waals surface area contributed by atoms with Crippen LogP contribution in [-0.2, 0) is 6.42 Å². The first-order valence-electron chi connectivity index (χ1n) is 6.85. The van der Waals surface area contributed by atoms with Crippen LogP contribution in [0.25, 0.3) is 11.3 Å². The molecule has 0 spiro atoms. The van der Waals surface area contributed by atoms with Crippen molar-refractivity contribution in [2.75, 3.05) is 0 Å². The monoisotopic (exact) mass is 257 g/mol. The number of nitrogens with zero attached hydrogens (tertiary/aromatic N) is 1. The molecule has 0 aliphatic carbocycles. The molecule has 1 nitrogen and oxygen atoms in total. The van der Waals surface area contributed by atoms with Gasteiger partial charge in [0.15, 0.2) is 0 Å². The molecule has 1 heterocycles. The number of aryl methyl sites for hydroxylation is 2. The predicted octanol–water partition coefficient (Wildman–Crippen LogP) is 4.74. The van der Waals surface area contributed by atoms with Crippen molar-refractivity contribution in [2.45, 2.75) is 39.3 Å². The average molecular weight is 257 g/mol. The van der Waals surface area contributed by atoms with Crippen molar-refractivity contribution in [3.8, 4) is 11.3 Å². The first kappa shape index (κ1) is 13.7. The minimum atomic E-state index is -0.682. The van der Waals surface area contributed by atoms with E-state index < -0.39 is 6.17 Å².